The van der Waals surface area contributed by atoms with Gasteiger partial charge >= 0.3 is 5.69 Å². The summed E-state index contributed by atoms with van der Waals surface area (Å²) < 4.78 is 16.8. The molecule has 7 heteroatoms. The first kappa shape index (κ1) is 18.3. The van der Waals surface area contributed by atoms with Crippen LogP contribution in [0.1, 0.15) is 56.3 Å². The Morgan fingerprint density at radius 3 is 2.66 bits per heavy atom. The highest BCUT2D eigenvalue weighted by molar-refractivity contribution is 5.70. The first-order valence-electron chi connectivity index (χ1n) is 10.7. The number of fused-ring (bicyclic) bond motifs is 3. The third-order valence-corrected chi connectivity index (χ3v) is 6.18. The van der Waals surface area contributed by atoms with Crippen LogP contribution in [0.15, 0.2) is 29.1 Å². The summed E-state index contributed by atoms with van der Waals surface area (Å²) in [7, 11) is 0. The SMILES string of the molecule is CCCn1c2nc(C3CCCC3)nc-2c2n(c1=O)CC(Cc1ccc(F)cc1)N2. The lowest BCUT2D eigenvalue weighted by Crippen LogP contribution is -2.32. The maximum absolute atomic E-state index is 13.2. The standard InChI is InChI=1S/C22H26FN5O/c1-2-11-27-21-18(25-19(26-21)15-5-3-4-6-15)20-24-17(13-28(20)22(27)29)12-14-7-9-16(23)10-8-14/h7-10,15,17,24H,2-6,11-13H2,1H3. The summed E-state index contributed by atoms with van der Waals surface area (Å²) >= 11 is 0. The van der Waals surface area contributed by atoms with Crippen LogP contribution in [-0.2, 0) is 19.5 Å². The Labute approximate surface area is 169 Å². The lowest BCUT2D eigenvalue weighted by molar-refractivity contribution is 0.559. The lowest BCUT2D eigenvalue weighted by Gasteiger charge is -2.13. The third kappa shape index (κ3) is 3.22. The Hall–Kier alpha value is -2.70. The zero-order chi connectivity index (χ0) is 20.0. The predicted octanol–water partition coefficient (Wildman–Crippen LogP) is 3.79. The van der Waals surface area contributed by atoms with Crippen LogP contribution in [0.25, 0.3) is 11.5 Å². The molecule has 3 heterocycles. The minimum Gasteiger partial charge on any atom is -0.365 e. The molecule has 0 spiro atoms. The molecular weight excluding hydrogens is 369 g/mol. The van der Waals surface area contributed by atoms with E-state index in [1.165, 1.54) is 25.0 Å². The van der Waals surface area contributed by atoms with E-state index in [0.29, 0.717) is 24.8 Å². The van der Waals surface area contributed by atoms with Gasteiger partial charge in [0.2, 0.25) is 0 Å². The molecule has 3 aliphatic heterocycles. The Kier molecular flexibility index (Phi) is 4.60. The summed E-state index contributed by atoms with van der Waals surface area (Å²) in [5.74, 6) is 2.55. The molecule has 29 heavy (non-hydrogen) atoms. The summed E-state index contributed by atoms with van der Waals surface area (Å²) in [5, 5.41) is 3.51. The average Bonchev–Trinajstić information content (AvgIpc) is 3.45. The van der Waals surface area contributed by atoms with Crippen LogP contribution in [-0.4, -0.2) is 25.1 Å². The van der Waals surface area contributed by atoms with Crippen molar-refractivity contribution >= 4 is 5.82 Å². The summed E-state index contributed by atoms with van der Waals surface area (Å²) in [6.07, 6.45) is 6.30. The van der Waals surface area contributed by atoms with Gasteiger partial charge in [0, 0.05) is 25.0 Å². The van der Waals surface area contributed by atoms with Crippen LogP contribution in [0.2, 0.25) is 0 Å². The first-order chi connectivity index (χ1) is 14.1. The van der Waals surface area contributed by atoms with Gasteiger partial charge < -0.3 is 5.32 Å². The van der Waals surface area contributed by atoms with Gasteiger partial charge in [-0.1, -0.05) is 31.9 Å². The summed E-state index contributed by atoms with van der Waals surface area (Å²) in [5.41, 5.74) is 1.82. The Morgan fingerprint density at radius 2 is 1.93 bits per heavy atom. The minimum absolute atomic E-state index is 0.0265. The van der Waals surface area contributed by atoms with E-state index in [2.05, 4.69) is 12.2 Å². The highest BCUT2D eigenvalue weighted by atomic mass is 19.1. The molecule has 6 nitrogen and oxygen atoms in total. The van der Waals surface area contributed by atoms with Gasteiger partial charge in [-0.15, -0.1) is 0 Å². The second-order valence-electron chi connectivity index (χ2n) is 8.30. The molecule has 1 aromatic rings. The van der Waals surface area contributed by atoms with Crippen LogP contribution in [0.4, 0.5) is 10.2 Å². The van der Waals surface area contributed by atoms with Gasteiger partial charge in [-0.05, 0) is 43.4 Å². The molecule has 0 radical (unpaired) electrons. The van der Waals surface area contributed by atoms with E-state index < -0.39 is 0 Å². The van der Waals surface area contributed by atoms with Crippen molar-refractivity contribution in [1.82, 2.24) is 19.1 Å². The summed E-state index contributed by atoms with van der Waals surface area (Å²) in [6, 6.07) is 6.63. The number of aromatic nitrogens is 4. The molecule has 0 bridgehead atoms. The largest absolute Gasteiger partial charge is 0.365 e. The molecule has 0 aromatic heterocycles. The van der Waals surface area contributed by atoms with E-state index in [-0.39, 0.29) is 17.5 Å². The fraction of sp³-hybridized carbons (Fsp3) is 0.500. The first-order valence-corrected chi connectivity index (χ1v) is 10.7. The van der Waals surface area contributed by atoms with Crippen LogP contribution >= 0.6 is 0 Å². The van der Waals surface area contributed by atoms with Crippen LogP contribution < -0.4 is 11.0 Å². The number of nitrogens with one attached hydrogen (secondary N) is 1. The fourth-order valence-corrected chi connectivity index (χ4v) is 4.75. The highest BCUT2D eigenvalue weighted by Crippen LogP contribution is 2.37. The normalized spacial score (nSPS) is 19.0. The van der Waals surface area contributed by atoms with Gasteiger partial charge in [-0.2, -0.15) is 0 Å². The molecule has 4 aliphatic rings. The molecule has 5 rings (SSSR count). The highest BCUT2D eigenvalue weighted by Gasteiger charge is 2.33. The van der Waals surface area contributed by atoms with Crippen molar-refractivity contribution in [3.63, 3.8) is 0 Å². The van der Waals surface area contributed by atoms with Crippen molar-refractivity contribution in [1.29, 1.82) is 0 Å². The van der Waals surface area contributed by atoms with Gasteiger partial charge in [0.15, 0.2) is 5.82 Å². The Morgan fingerprint density at radius 1 is 1.17 bits per heavy atom. The number of hydrogen-bond acceptors (Lipinski definition) is 4. The zero-order valence-electron chi connectivity index (χ0n) is 16.7. The van der Waals surface area contributed by atoms with Crippen LogP contribution in [0, 0.1) is 5.82 Å². The summed E-state index contributed by atoms with van der Waals surface area (Å²) in [4.78, 5) is 22.9. The number of anilines is 1. The van der Waals surface area contributed by atoms with E-state index in [9.17, 15) is 9.18 Å². The topological polar surface area (TPSA) is 64.7 Å². The number of halogens is 1. The molecule has 1 fully saturated rings. The maximum atomic E-state index is 13.2. The molecule has 1 atom stereocenters. The number of rotatable bonds is 5. The van der Waals surface area contributed by atoms with E-state index in [1.807, 2.05) is 0 Å². The number of benzene rings is 1. The Balaban J connectivity index is 1.52. The van der Waals surface area contributed by atoms with Gasteiger partial charge in [0.1, 0.15) is 23.2 Å². The molecule has 1 unspecified atom stereocenters. The van der Waals surface area contributed by atoms with Crippen LogP contribution in [0.5, 0.6) is 0 Å². The predicted molar refractivity (Wildman–Crippen MR) is 110 cm³/mol. The molecule has 1 N–H and O–H groups in total. The molecule has 0 amide bonds. The van der Waals surface area contributed by atoms with Crippen molar-refractivity contribution in [2.24, 2.45) is 0 Å². The van der Waals surface area contributed by atoms with Crippen molar-refractivity contribution in [3.05, 3.63) is 52.0 Å². The van der Waals surface area contributed by atoms with E-state index >= 15 is 0 Å². The molecule has 1 aromatic carbocycles. The number of imidazole rings is 1. The Bertz CT molecular complexity index is 1050. The van der Waals surface area contributed by atoms with Crippen molar-refractivity contribution in [2.75, 3.05) is 5.32 Å². The van der Waals surface area contributed by atoms with Crippen LogP contribution in [0.3, 0.4) is 0 Å². The van der Waals surface area contributed by atoms with Gasteiger partial charge in [0.25, 0.3) is 0 Å². The van der Waals surface area contributed by atoms with Crippen molar-refractivity contribution < 1.29 is 4.39 Å². The van der Waals surface area contributed by atoms with E-state index in [0.717, 1.165) is 48.6 Å². The lowest BCUT2D eigenvalue weighted by atomic mass is 10.1. The van der Waals surface area contributed by atoms with Crippen molar-refractivity contribution in [2.45, 2.75) is 70.5 Å². The van der Waals surface area contributed by atoms with E-state index in [1.54, 1.807) is 21.3 Å². The summed E-state index contributed by atoms with van der Waals surface area (Å²) in [6.45, 7) is 3.29. The zero-order valence-corrected chi connectivity index (χ0v) is 16.7. The fourth-order valence-electron chi connectivity index (χ4n) is 4.75. The van der Waals surface area contributed by atoms with E-state index in [4.69, 9.17) is 9.97 Å². The van der Waals surface area contributed by atoms with Gasteiger partial charge in [0.05, 0.1) is 0 Å². The maximum Gasteiger partial charge on any atom is 0.331 e. The average molecular weight is 395 g/mol. The van der Waals surface area contributed by atoms with Gasteiger partial charge in [-0.3, -0.25) is 9.13 Å². The monoisotopic (exact) mass is 395 g/mol. The smallest absolute Gasteiger partial charge is 0.331 e. The molecular formula is C22H26FN5O. The second-order valence-corrected chi connectivity index (χ2v) is 8.30. The minimum atomic E-state index is -0.235. The second kappa shape index (κ2) is 7.28. The van der Waals surface area contributed by atoms with Gasteiger partial charge in [-0.25, -0.2) is 19.2 Å². The molecule has 1 aliphatic carbocycles. The third-order valence-electron chi connectivity index (χ3n) is 6.18. The molecule has 0 saturated heterocycles. The molecule has 152 valence electrons. The van der Waals surface area contributed by atoms with Crippen molar-refractivity contribution in [3.8, 4) is 11.5 Å². The quantitative estimate of drug-likeness (QED) is 0.714. The number of hydrogen-bond donors (Lipinski definition) is 1. The number of nitrogens with zero attached hydrogens (tertiary/aromatic N) is 4. The molecule has 1 saturated carbocycles.